The number of nitrogens with zero attached hydrogens (tertiary/aromatic N) is 2. The molecular weight excluding hydrogens is 274 g/mol. The molecule has 21 heavy (non-hydrogen) atoms. The van der Waals surface area contributed by atoms with Crippen molar-refractivity contribution in [3.05, 3.63) is 29.3 Å². The van der Waals surface area contributed by atoms with Gasteiger partial charge in [-0.15, -0.1) is 0 Å². The van der Waals surface area contributed by atoms with Crippen LogP contribution in [0, 0.1) is 0 Å². The highest BCUT2D eigenvalue weighted by Gasteiger charge is 2.44. The molecule has 3 amide bonds. The molecule has 2 aliphatic heterocycles. The van der Waals surface area contributed by atoms with Crippen molar-refractivity contribution in [3.8, 4) is 0 Å². The Morgan fingerprint density at radius 1 is 1.29 bits per heavy atom. The third-order valence-corrected chi connectivity index (χ3v) is 3.65. The maximum absolute atomic E-state index is 12.5. The molecule has 0 radical (unpaired) electrons. The van der Waals surface area contributed by atoms with Crippen molar-refractivity contribution in [2.45, 2.75) is 18.9 Å². The van der Waals surface area contributed by atoms with Crippen LogP contribution in [0.25, 0.3) is 0 Å². The number of ether oxygens (including phenoxy) is 1. The number of fused-ring (bicyclic) bond motifs is 1. The lowest BCUT2D eigenvalue weighted by Crippen LogP contribution is -2.47. The molecule has 0 fully saturated rings. The van der Waals surface area contributed by atoms with Crippen LogP contribution < -0.4 is 5.73 Å². The number of carbonyl (C=O) groups excluding carboxylic acids is 3. The molecule has 1 unspecified atom stereocenters. The molecule has 7 heteroatoms. The molecule has 7 nitrogen and oxygen atoms in total. The summed E-state index contributed by atoms with van der Waals surface area (Å²) < 4.78 is 5.06. The Bertz CT molecular complexity index is 695. The second kappa shape index (κ2) is 4.69. The molecular formula is C14H13N3O4. The van der Waals surface area contributed by atoms with Crippen LogP contribution in [0.5, 0.6) is 0 Å². The highest BCUT2D eigenvalue weighted by atomic mass is 16.5. The Labute approximate surface area is 120 Å². The van der Waals surface area contributed by atoms with Gasteiger partial charge in [-0.3, -0.25) is 19.3 Å². The van der Waals surface area contributed by atoms with Gasteiger partial charge in [0.05, 0.1) is 18.2 Å². The predicted octanol–water partition coefficient (Wildman–Crippen LogP) is 0.599. The molecule has 2 N–H and O–H groups in total. The Morgan fingerprint density at radius 3 is 2.71 bits per heavy atom. The number of anilines is 1. The number of aliphatic imine (C=N–C) groups is 1. The summed E-state index contributed by atoms with van der Waals surface area (Å²) in [5.74, 6) is -1.15. The lowest BCUT2D eigenvalue weighted by atomic mass is 10.1. The Kier molecular flexibility index (Phi) is 2.97. The van der Waals surface area contributed by atoms with Crippen LogP contribution in [-0.2, 0) is 9.53 Å². The number of hydrogen-bond donors (Lipinski definition) is 1. The van der Waals surface area contributed by atoms with E-state index in [0.717, 1.165) is 4.90 Å². The third-order valence-electron chi connectivity index (χ3n) is 3.65. The molecule has 0 saturated heterocycles. The van der Waals surface area contributed by atoms with Gasteiger partial charge in [-0.25, -0.2) is 0 Å². The first-order valence-corrected chi connectivity index (χ1v) is 6.46. The SMILES string of the molecule is COC1=NC(=O)CCC1N1C(=O)c2cccc(N)c2C1=O. The molecule has 3 rings (SSSR count). The standard InChI is InChI=1S/C14H13N3O4/c1-21-12-9(5-6-10(18)16-12)17-13(19)7-3-2-4-8(15)11(7)14(17)20/h2-4,9H,5-6,15H2,1H3. The van der Waals surface area contributed by atoms with Gasteiger partial charge in [0.15, 0.2) is 0 Å². The molecule has 0 saturated carbocycles. The van der Waals surface area contributed by atoms with Gasteiger partial charge in [-0.05, 0) is 18.6 Å². The van der Waals surface area contributed by atoms with Crippen LogP contribution in [-0.4, -0.2) is 41.7 Å². The van der Waals surface area contributed by atoms with Gasteiger partial charge in [0.25, 0.3) is 11.8 Å². The van der Waals surface area contributed by atoms with Crippen molar-refractivity contribution >= 4 is 29.3 Å². The van der Waals surface area contributed by atoms with Crippen molar-refractivity contribution < 1.29 is 19.1 Å². The molecule has 2 heterocycles. The lowest BCUT2D eigenvalue weighted by Gasteiger charge is -2.28. The minimum atomic E-state index is -0.667. The largest absolute Gasteiger partial charge is 0.482 e. The topological polar surface area (TPSA) is 102 Å². The molecule has 108 valence electrons. The summed E-state index contributed by atoms with van der Waals surface area (Å²) in [5.41, 5.74) is 6.52. The molecule has 0 aromatic heterocycles. The molecule has 0 aliphatic carbocycles. The monoisotopic (exact) mass is 287 g/mol. The van der Waals surface area contributed by atoms with Crippen LogP contribution in [0.4, 0.5) is 5.69 Å². The zero-order chi connectivity index (χ0) is 15.1. The smallest absolute Gasteiger partial charge is 0.264 e. The van der Waals surface area contributed by atoms with E-state index < -0.39 is 17.9 Å². The van der Waals surface area contributed by atoms with Gasteiger partial charge in [-0.1, -0.05) is 6.07 Å². The average molecular weight is 287 g/mol. The number of carbonyl (C=O) groups is 3. The second-order valence-electron chi connectivity index (χ2n) is 4.85. The number of nitrogens with two attached hydrogens (primary N) is 1. The fourth-order valence-corrected chi connectivity index (χ4v) is 2.67. The van der Waals surface area contributed by atoms with E-state index in [1.165, 1.54) is 7.11 Å². The van der Waals surface area contributed by atoms with Gasteiger partial charge < -0.3 is 10.5 Å². The quantitative estimate of drug-likeness (QED) is 0.602. The summed E-state index contributed by atoms with van der Waals surface area (Å²) in [6.45, 7) is 0. The second-order valence-corrected chi connectivity index (χ2v) is 4.85. The number of rotatable bonds is 1. The van der Waals surface area contributed by atoms with E-state index in [4.69, 9.17) is 10.5 Å². The molecule has 1 aromatic rings. The summed E-state index contributed by atoms with van der Waals surface area (Å²) in [5, 5.41) is 0. The van der Waals surface area contributed by atoms with Crippen molar-refractivity contribution in [1.29, 1.82) is 0 Å². The van der Waals surface area contributed by atoms with Crippen molar-refractivity contribution in [2.75, 3.05) is 12.8 Å². The van der Waals surface area contributed by atoms with Crippen LogP contribution >= 0.6 is 0 Å². The van der Waals surface area contributed by atoms with Crippen LogP contribution in [0.1, 0.15) is 33.6 Å². The zero-order valence-corrected chi connectivity index (χ0v) is 11.3. The summed E-state index contributed by atoms with van der Waals surface area (Å²) in [4.78, 5) is 41.1. The van der Waals surface area contributed by atoms with Gasteiger partial charge in [-0.2, -0.15) is 4.99 Å². The van der Waals surface area contributed by atoms with Gasteiger partial charge in [0.1, 0.15) is 6.04 Å². The van der Waals surface area contributed by atoms with E-state index in [-0.39, 0.29) is 35.0 Å². The van der Waals surface area contributed by atoms with E-state index in [1.54, 1.807) is 18.2 Å². The number of benzene rings is 1. The van der Waals surface area contributed by atoms with Crippen LogP contribution in [0.15, 0.2) is 23.2 Å². The van der Waals surface area contributed by atoms with E-state index in [1.807, 2.05) is 0 Å². The summed E-state index contributed by atoms with van der Waals surface area (Å²) in [6.07, 6.45) is 0.470. The predicted molar refractivity (Wildman–Crippen MR) is 73.8 cm³/mol. The van der Waals surface area contributed by atoms with Gasteiger partial charge in [0.2, 0.25) is 11.8 Å². The fourth-order valence-electron chi connectivity index (χ4n) is 2.67. The number of imide groups is 1. The van der Waals surface area contributed by atoms with Gasteiger partial charge in [0, 0.05) is 12.1 Å². The third kappa shape index (κ3) is 1.89. The van der Waals surface area contributed by atoms with E-state index in [9.17, 15) is 14.4 Å². The number of nitrogen functional groups attached to an aromatic ring is 1. The molecule has 1 atom stereocenters. The number of amides is 3. The zero-order valence-electron chi connectivity index (χ0n) is 11.3. The van der Waals surface area contributed by atoms with Gasteiger partial charge >= 0.3 is 0 Å². The maximum Gasteiger partial charge on any atom is 0.264 e. The normalized spacial score (nSPS) is 21.4. The van der Waals surface area contributed by atoms with Crippen LogP contribution in [0.2, 0.25) is 0 Å². The minimum Gasteiger partial charge on any atom is -0.482 e. The summed E-state index contributed by atoms with van der Waals surface area (Å²) >= 11 is 0. The fraction of sp³-hybridized carbons (Fsp3) is 0.286. The van der Waals surface area contributed by atoms with Crippen molar-refractivity contribution in [1.82, 2.24) is 4.90 Å². The molecule has 2 aliphatic rings. The van der Waals surface area contributed by atoms with E-state index in [0.29, 0.717) is 6.42 Å². The highest BCUT2D eigenvalue weighted by Crippen LogP contribution is 2.31. The first-order valence-electron chi connectivity index (χ1n) is 6.46. The Balaban J connectivity index is 2.04. The van der Waals surface area contributed by atoms with E-state index in [2.05, 4.69) is 4.99 Å². The number of methoxy groups -OCH3 is 1. The van der Waals surface area contributed by atoms with Crippen molar-refractivity contribution in [2.24, 2.45) is 4.99 Å². The maximum atomic E-state index is 12.5. The van der Waals surface area contributed by atoms with Crippen LogP contribution in [0.3, 0.4) is 0 Å². The Morgan fingerprint density at radius 2 is 2.05 bits per heavy atom. The first-order chi connectivity index (χ1) is 10.0. The molecule has 0 spiro atoms. The van der Waals surface area contributed by atoms with E-state index >= 15 is 0 Å². The minimum absolute atomic E-state index is 0.0827. The lowest BCUT2D eigenvalue weighted by molar-refractivity contribution is -0.118. The summed E-state index contributed by atoms with van der Waals surface area (Å²) in [7, 11) is 1.36. The molecule has 0 bridgehead atoms. The average Bonchev–Trinajstić information content (AvgIpc) is 2.72. The van der Waals surface area contributed by atoms with Crippen molar-refractivity contribution in [3.63, 3.8) is 0 Å². The highest BCUT2D eigenvalue weighted by molar-refractivity contribution is 6.25. The first kappa shape index (κ1) is 13.3. The number of hydrogen-bond acceptors (Lipinski definition) is 5. The Hall–Kier alpha value is -2.70. The molecule has 1 aromatic carbocycles. The summed E-state index contributed by atoms with van der Waals surface area (Å²) in [6, 6.07) is 4.09.